The lowest BCUT2D eigenvalue weighted by Gasteiger charge is -2.17. The number of amides is 1. The van der Waals surface area contributed by atoms with Crippen molar-refractivity contribution in [2.75, 3.05) is 27.3 Å². The highest BCUT2D eigenvalue weighted by Gasteiger charge is 2.13. The molecule has 1 rings (SSSR count). The molecule has 20 heavy (non-hydrogen) atoms. The summed E-state index contributed by atoms with van der Waals surface area (Å²) in [4.78, 5) is 11.3. The second kappa shape index (κ2) is 8.39. The maximum atomic E-state index is 11.3. The van der Waals surface area contributed by atoms with Crippen LogP contribution in [0.15, 0.2) is 24.3 Å². The van der Waals surface area contributed by atoms with Crippen LogP contribution < -0.4 is 20.1 Å². The van der Waals surface area contributed by atoms with Gasteiger partial charge in [-0.2, -0.15) is 0 Å². The standard InChI is InChI=1S/C14H22N2O4/c1-10(14(18)15-2)16-8-11(17)9-20-13-7-5-4-6-12(13)19-3/h4-7,10-11,16-17H,8-9H2,1-3H3,(H,15,18). The zero-order chi connectivity index (χ0) is 15.0. The van der Waals surface area contributed by atoms with Crippen LogP contribution in [-0.2, 0) is 4.79 Å². The van der Waals surface area contributed by atoms with E-state index in [9.17, 15) is 9.90 Å². The molecule has 6 heteroatoms. The van der Waals surface area contributed by atoms with Gasteiger partial charge in [-0.15, -0.1) is 0 Å². The zero-order valence-electron chi connectivity index (χ0n) is 12.1. The van der Waals surface area contributed by atoms with Crippen LogP contribution in [0, 0.1) is 0 Å². The summed E-state index contributed by atoms with van der Waals surface area (Å²) in [5, 5.41) is 15.3. The van der Waals surface area contributed by atoms with Crippen molar-refractivity contribution in [1.82, 2.24) is 10.6 Å². The molecule has 112 valence electrons. The second-order valence-electron chi connectivity index (χ2n) is 4.36. The van der Waals surface area contributed by atoms with Crippen LogP contribution in [0.1, 0.15) is 6.92 Å². The molecule has 0 saturated heterocycles. The quantitative estimate of drug-likeness (QED) is 0.633. The zero-order valence-corrected chi connectivity index (χ0v) is 12.1. The van der Waals surface area contributed by atoms with Gasteiger partial charge < -0.3 is 25.2 Å². The van der Waals surface area contributed by atoms with Crippen molar-refractivity contribution in [1.29, 1.82) is 0 Å². The molecule has 0 aliphatic rings. The summed E-state index contributed by atoms with van der Waals surface area (Å²) < 4.78 is 10.6. The number of hydrogen-bond donors (Lipinski definition) is 3. The summed E-state index contributed by atoms with van der Waals surface area (Å²) in [6.07, 6.45) is -0.716. The van der Waals surface area contributed by atoms with Crippen molar-refractivity contribution in [2.45, 2.75) is 19.1 Å². The Labute approximate surface area is 119 Å². The maximum Gasteiger partial charge on any atom is 0.236 e. The monoisotopic (exact) mass is 282 g/mol. The first-order valence-electron chi connectivity index (χ1n) is 6.47. The minimum Gasteiger partial charge on any atom is -0.493 e. The number of nitrogens with one attached hydrogen (secondary N) is 2. The van der Waals surface area contributed by atoms with Gasteiger partial charge in [0.1, 0.15) is 12.7 Å². The van der Waals surface area contributed by atoms with Gasteiger partial charge in [0, 0.05) is 13.6 Å². The van der Waals surface area contributed by atoms with Gasteiger partial charge in [-0.05, 0) is 19.1 Å². The molecule has 0 fully saturated rings. The molecular weight excluding hydrogens is 260 g/mol. The molecule has 0 bridgehead atoms. The Morgan fingerprint density at radius 1 is 1.35 bits per heavy atom. The first-order chi connectivity index (χ1) is 9.58. The highest BCUT2D eigenvalue weighted by Crippen LogP contribution is 2.25. The number of aliphatic hydroxyl groups excluding tert-OH is 1. The predicted octanol–water partition coefficient (Wildman–Crippen LogP) is 0.159. The molecule has 1 aromatic rings. The van der Waals surface area contributed by atoms with Crippen molar-refractivity contribution in [2.24, 2.45) is 0 Å². The molecule has 0 aliphatic heterocycles. The maximum absolute atomic E-state index is 11.3. The Balaban J connectivity index is 2.36. The van der Waals surface area contributed by atoms with Crippen LogP contribution in [-0.4, -0.2) is 50.5 Å². The number of ether oxygens (including phenoxy) is 2. The van der Waals surface area contributed by atoms with Gasteiger partial charge >= 0.3 is 0 Å². The van der Waals surface area contributed by atoms with Crippen LogP contribution >= 0.6 is 0 Å². The Morgan fingerprint density at radius 3 is 2.60 bits per heavy atom. The van der Waals surface area contributed by atoms with Gasteiger partial charge in [0.05, 0.1) is 13.2 Å². The molecule has 2 unspecified atom stereocenters. The van der Waals surface area contributed by atoms with Crippen LogP contribution in [0.3, 0.4) is 0 Å². The van der Waals surface area contributed by atoms with E-state index in [-0.39, 0.29) is 25.1 Å². The number of benzene rings is 1. The summed E-state index contributed by atoms with van der Waals surface area (Å²) in [5.74, 6) is 1.07. The van der Waals surface area contributed by atoms with Crippen LogP contribution in [0.5, 0.6) is 11.5 Å². The second-order valence-corrected chi connectivity index (χ2v) is 4.36. The lowest BCUT2D eigenvalue weighted by Crippen LogP contribution is -2.44. The Bertz CT molecular complexity index is 425. The molecular formula is C14H22N2O4. The fourth-order valence-corrected chi connectivity index (χ4v) is 1.60. The molecule has 0 aromatic heterocycles. The first kappa shape index (κ1) is 16.3. The van der Waals surface area contributed by atoms with E-state index in [2.05, 4.69) is 10.6 Å². The van der Waals surface area contributed by atoms with E-state index in [0.717, 1.165) is 0 Å². The Morgan fingerprint density at radius 2 is 2.00 bits per heavy atom. The highest BCUT2D eigenvalue weighted by molar-refractivity contribution is 5.80. The van der Waals surface area contributed by atoms with E-state index in [4.69, 9.17) is 9.47 Å². The fraction of sp³-hybridized carbons (Fsp3) is 0.500. The van der Waals surface area contributed by atoms with Crippen molar-refractivity contribution < 1.29 is 19.4 Å². The number of carbonyl (C=O) groups excluding carboxylic acids is 1. The average molecular weight is 282 g/mol. The third kappa shape index (κ3) is 5.07. The lowest BCUT2D eigenvalue weighted by atomic mass is 10.3. The summed E-state index contributed by atoms with van der Waals surface area (Å²) in [6, 6.07) is 6.87. The normalized spacial score (nSPS) is 13.4. The number of likely N-dealkylation sites (N-methyl/N-ethyl adjacent to an activating group) is 1. The largest absolute Gasteiger partial charge is 0.493 e. The molecule has 3 N–H and O–H groups in total. The highest BCUT2D eigenvalue weighted by atomic mass is 16.5. The molecule has 0 saturated carbocycles. The van der Waals surface area contributed by atoms with Crippen molar-refractivity contribution in [3.05, 3.63) is 24.3 Å². The lowest BCUT2D eigenvalue weighted by molar-refractivity contribution is -0.122. The molecule has 0 aliphatic carbocycles. The Kier molecular flexibility index (Phi) is 6.83. The van der Waals surface area contributed by atoms with Crippen molar-refractivity contribution in [3.63, 3.8) is 0 Å². The Hall–Kier alpha value is -1.79. The topological polar surface area (TPSA) is 79.8 Å². The number of hydrogen-bond acceptors (Lipinski definition) is 5. The van der Waals surface area contributed by atoms with Gasteiger partial charge in [-0.1, -0.05) is 12.1 Å². The van der Waals surface area contributed by atoms with E-state index in [1.807, 2.05) is 12.1 Å². The average Bonchev–Trinajstić information content (AvgIpc) is 2.49. The minimum atomic E-state index is -0.716. The molecule has 0 heterocycles. The minimum absolute atomic E-state index is 0.119. The van der Waals surface area contributed by atoms with Crippen LogP contribution in [0.2, 0.25) is 0 Å². The van der Waals surface area contributed by atoms with E-state index < -0.39 is 6.10 Å². The van der Waals surface area contributed by atoms with Gasteiger partial charge in [0.25, 0.3) is 0 Å². The van der Waals surface area contributed by atoms with Gasteiger partial charge in [-0.3, -0.25) is 4.79 Å². The molecule has 0 spiro atoms. The number of carbonyl (C=O) groups is 1. The number of para-hydroxylation sites is 2. The summed E-state index contributed by atoms with van der Waals surface area (Å²) >= 11 is 0. The summed E-state index contributed by atoms with van der Waals surface area (Å²) in [5.41, 5.74) is 0. The van der Waals surface area contributed by atoms with E-state index in [1.54, 1.807) is 33.2 Å². The number of aliphatic hydroxyl groups is 1. The molecule has 1 amide bonds. The predicted molar refractivity (Wildman–Crippen MR) is 76.0 cm³/mol. The van der Waals surface area contributed by atoms with Crippen LogP contribution in [0.4, 0.5) is 0 Å². The smallest absolute Gasteiger partial charge is 0.236 e. The van der Waals surface area contributed by atoms with Gasteiger partial charge in [-0.25, -0.2) is 0 Å². The van der Waals surface area contributed by atoms with Crippen molar-refractivity contribution >= 4 is 5.91 Å². The van der Waals surface area contributed by atoms with Crippen LogP contribution in [0.25, 0.3) is 0 Å². The third-order valence-corrected chi connectivity index (χ3v) is 2.80. The first-order valence-corrected chi connectivity index (χ1v) is 6.47. The van der Waals surface area contributed by atoms with Gasteiger partial charge in [0.2, 0.25) is 5.91 Å². The van der Waals surface area contributed by atoms with E-state index >= 15 is 0 Å². The van der Waals surface area contributed by atoms with Gasteiger partial charge in [0.15, 0.2) is 11.5 Å². The summed E-state index contributed by atoms with van der Waals surface area (Å²) in [6.45, 7) is 2.12. The number of rotatable bonds is 8. The molecule has 2 atom stereocenters. The third-order valence-electron chi connectivity index (χ3n) is 2.80. The van der Waals surface area contributed by atoms with E-state index in [1.165, 1.54) is 0 Å². The molecule has 6 nitrogen and oxygen atoms in total. The van der Waals surface area contributed by atoms with E-state index in [0.29, 0.717) is 11.5 Å². The SMILES string of the molecule is CNC(=O)C(C)NCC(O)COc1ccccc1OC. The number of methoxy groups -OCH3 is 1. The summed E-state index contributed by atoms with van der Waals surface area (Å²) in [7, 11) is 3.13. The van der Waals surface area contributed by atoms with Crippen molar-refractivity contribution in [3.8, 4) is 11.5 Å². The molecule has 1 aromatic carbocycles. The fourth-order valence-electron chi connectivity index (χ4n) is 1.60. The molecule has 0 radical (unpaired) electrons.